The first-order valence-corrected chi connectivity index (χ1v) is 5.81. The largest absolute Gasteiger partial charge is 0.393 e. The van der Waals surface area contributed by atoms with Crippen LogP contribution in [0.1, 0.15) is 18.9 Å². The highest BCUT2D eigenvalue weighted by Crippen LogP contribution is 2.11. The summed E-state index contributed by atoms with van der Waals surface area (Å²) in [6.45, 7) is 1.74. The molecule has 3 nitrogen and oxygen atoms in total. The number of nitrogens with two attached hydrogens (primary N) is 1. The molecule has 0 bridgehead atoms. The fraction of sp³-hybridized carbons (Fsp3) is 0.333. The Balaban J connectivity index is 2.59. The van der Waals surface area contributed by atoms with E-state index in [1.807, 2.05) is 0 Å². The molecule has 0 aliphatic rings. The summed E-state index contributed by atoms with van der Waals surface area (Å²) in [7, 11) is 0. The second-order valence-electron chi connectivity index (χ2n) is 4.03. The number of amides is 1. The van der Waals surface area contributed by atoms with Gasteiger partial charge in [0.25, 0.3) is 0 Å². The Kier molecular flexibility index (Phi) is 5.15. The van der Waals surface area contributed by atoms with Gasteiger partial charge in [0.2, 0.25) is 5.91 Å². The van der Waals surface area contributed by atoms with Crippen molar-refractivity contribution in [3.8, 4) is 0 Å². The smallest absolute Gasteiger partial charge is 0.224 e. The minimum absolute atomic E-state index is 0.0232. The van der Waals surface area contributed by atoms with Crippen molar-refractivity contribution >= 4 is 23.1 Å². The zero-order valence-corrected chi connectivity index (χ0v) is 10.7. The van der Waals surface area contributed by atoms with Gasteiger partial charge in [-0.15, -0.1) is 0 Å². The van der Waals surface area contributed by atoms with E-state index in [4.69, 9.17) is 18.0 Å². The van der Waals surface area contributed by atoms with Crippen LogP contribution >= 0.6 is 12.2 Å². The molecular formula is C12H14F2N2OS. The van der Waals surface area contributed by atoms with Crippen LogP contribution in [0.15, 0.2) is 18.2 Å². The molecule has 1 atom stereocenters. The fourth-order valence-electron chi connectivity index (χ4n) is 1.54. The maximum absolute atomic E-state index is 13.3. The monoisotopic (exact) mass is 272 g/mol. The first-order chi connectivity index (χ1) is 8.40. The summed E-state index contributed by atoms with van der Waals surface area (Å²) >= 11 is 4.71. The molecule has 0 aliphatic carbocycles. The number of carbonyl (C=O) groups is 1. The van der Waals surface area contributed by atoms with Gasteiger partial charge in [-0.2, -0.15) is 0 Å². The van der Waals surface area contributed by atoms with E-state index in [1.165, 1.54) is 12.1 Å². The van der Waals surface area contributed by atoms with Gasteiger partial charge in [-0.3, -0.25) is 4.79 Å². The predicted octanol–water partition coefficient (Wildman–Crippen LogP) is 1.69. The Morgan fingerprint density at radius 1 is 1.50 bits per heavy atom. The molecular weight excluding hydrogens is 258 g/mol. The number of hydrogen-bond acceptors (Lipinski definition) is 2. The molecule has 98 valence electrons. The van der Waals surface area contributed by atoms with Crippen LogP contribution in [0.4, 0.5) is 8.78 Å². The van der Waals surface area contributed by atoms with Crippen molar-refractivity contribution in [2.24, 2.45) is 5.73 Å². The van der Waals surface area contributed by atoms with Crippen LogP contribution < -0.4 is 11.1 Å². The average Bonchev–Trinajstić information content (AvgIpc) is 2.23. The van der Waals surface area contributed by atoms with E-state index in [1.54, 1.807) is 6.92 Å². The van der Waals surface area contributed by atoms with Crippen molar-refractivity contribution in [3.63, 3.8) is 0 Å². The first-order valence-electron chi connectivity index (χ1n) is 5.40. The van der Waals surface area contributed by atoms with Crippen molar-refractivity contribution in [2.75, 3.05) is 0 Å². The molecule has 0 radical (unpaired) electrons. The highest BCUT2D eigenvalue weighted by molar-refractivity contribution is 7.80. The number of nitrogens with one attached hydrogen (secondary N) is 1. The third kappa shape index (κ3) is 4.37. The van der Waals surface area contributed by atoms with Gasteiger partial charge in [-0.25, -0.2) is 8.78 Å². The van der Waals surface area contributed by atoms with Crippen molar-refractivity contribution in [2.45, 2.75) is 25.8 Å². The van der Waals surface area contributed by atoms with Crippen molar-refractivity contribution in [1.29, 1.82) is 0 Å². The molecule has 1 aromatic carbocycles. The van der Waals surface area contributed by atoms with Gasteiger partial charge in [-0.05, 0) is 13.0 Å². The number of rotatable bonds is 5. The van der Waals surface area contributed by atoms with E-state index < -0.39 is 17.5 Å². The Labute approximate surface area is 109 Å². The molecule has 1 unspecified atom stereocenters. The number of benzene rings is 1. The molecule has 0 aliphatic heterocycles. The Hall–Kier alpha value is -1.56. The van der Waals surface area contributed by atoms with Crippen LogP contribution in [-0.4, -0.2) is 16.9 Å². The summed E-state index contributed by atoms with van der Waals surface area (Å²) in [6.07, 6.45) is 0.151. The molecule has 3 N–H and O–H groups in total. The molecule has 0 aromatic heterocycles. The van der Waals surface area contributed by atoms with E-state index >= 15 is 0 Å². The van der Waals surface area contributed by atoms with Gasteiger partial charge >= 0.3 is 0 Å². The molecule has 6 heteroatoms. The van der Waals surface area contributed by atoms with Gasteiger partial charge in [-0.1, -0.05) is 24.4 Å². The molecule has 0 spiro atoms. The lowest BCUT2D eigenvalue weighted by Crippen LogP contribution is -2.36. The van der Waals surface area contributed by atoms with Crippen molar-refractivity contribution < 1.29 is 13.6 Å². The minimum atomic E-state index is -0.991. The third-order valence-corrected chi connectivity index (χ3v) is 2.46. The quantitative estimate of drug-likeness (QED) is 0.802. The summed E-state index contributed by atoms with van der Waals surface area (Å²) in [5, 5.41) is 2.61. The lowest BCUT2D eigenvalue weighted by Gasteiger charge is -2.13. The Bertz CT molecular complexity index is 465. The zero-order chi connectivity index (χ0) is 13.7. The van der Waals surface area contributed by atoms with E-state index in [2.05, 4.69) is 5.32 Å². The molecule has 18 heavy (non-hydrogen) atoms. The van der Waals surface area contributed by atoms with Crippen LogP contribution in [0.25, 0.3) is 0 Å². The summed E-state index contributed by atoms with van der Waals surface area (Å²) in [4.78, 5) is 11.9. The van der Waals surface area contributed by atoms with Crippen LogP contribution in [0.2, 0.25) is 0 Å². The van der Waals surface area contributed by atoms with Gasteiger partial charge in [0.1, 0.15) is 0 Å². The lowest BCUT2D eigenvalue weighted by atomic mass is 10.1. The van der Waals surface area contributed by atoms with Crippen molar-refractivity contribution in [3.05, 3.63) is 35.4 Å². The van der Waals surface area contributed by atoms with E-state index in [0.29, 0.717) is 11.4 Å². The zero-order valence-electron chi connectivity index (χ0n) is 9.87. The lowest BCUT2D eigenvalue weighted by molar-refractivity contribution is -0.121. The molecule has 1 aromatic rings. The topological polar surface area (TPSA) is 55.1 Å². The molecule has 0 fully saturated rings. The van der Waals surface area contributed by atoms with Crippen LogP contribution in [0.3, 0.4) is 0 Å². The van der Waals surface area contributed by atoms with E-state index in [0.717, 1.165) is 6.07 Å². The van der Waals surface area contributed by atoms with Gasteiger partial charge in [0.15, 0.2) is 11.6 Å². The fourth-order valence-corrected chi connectivity index (χ4v) is 1.79. The second-order valence-corrected chi connectivity index (χ2v) is 4.55. The first kappa shape index (κ1) is 14.5. The van der Waals surface area contributed by atoms with E-state index in [-0.39, 0.29) is 18.0 Å². The average molecular weight is 272 g/mol. The van der Waals surface area contributed by atoms with E-state index in [9.17, 15) is 13.6 Å². The normalized spacial score (nSPS) is 11.9. The number of hydrogen-bond donors (Lipinski definition) is 2. The standard InChI is InChI=1S/C12H14F2N2OS/c1-7(5-10(15)18)16-11(17)6-8-3-2-4-9(13)12(8)14/h2-4,7H,5-6H2,1H3,(H2,15,18)(H,16,17). The maximum atomic E-state index is 13.3. The Morgan fingerprint density at radius 2 is 2.17 bits per heavy atom. The molecule has 0 saturated carbocycles. The molecule has 1 amide bonds. The molecule has 0 saturated heterocycles. The minimum Gasteiger partial charge on any atom is -0.393 e. The van der Waals surface area contributed by atoms with Gasteiger partial charge in [0.05, 0.1) is 11.4 Å². The SMILES string of the molecule is CC(CC(N)=S)NC(=O)Cc1cccc(F)c1F. The highest BCUT2D eigenvalue weighted by Gasteiger charge is 2.13. The number of thiocarbonyl (C=S) groups is 1. The van der Waals surface area contributed by atoms with Gasteiger partial charge < -0.3 is 11.1 Å². The highest BCUT2D eigenvalue weighted by atomic mass is 32.1. The number of halogens is 2. The number of carbonyl (C=O) groups excluding carboxylic acids is 1. The van der Waals surface area contributed by atoms with Crippen LogP contribution in [-0.2, 0) is 11.2 Å². The summed E-state index contributed by atoms with van der Waals surface area (Å²) in [5.74, 6) is -2.35. The summed E-state index contributed by atoms with van der Waals surface area (Å²) in [6, 6.07) is 3.51. The summed E-state index contributed by atoms with van der Waals surface area (Å²) in [5.41, 5.74) is 5.36. The van der Waals surface area contributed by atoms with Gasteiger partial charge in [0, 0.05) is 18.0 Å². The molecule has 0 heterocycles. The summed E-state index contributed by atoms with van der Waals surface area (Å²) < 4.78 is 26.2. The Morgan fingerprint density at radius 3 is 2.78 bits per heavy atom. The third-order valence-electron chi connectivity index (χ3n) is 2.30. The molecule has 1 rings (SSSR count). The van der Waals surface area contributed by atoms with Crippen LogP contribution in [0.5, 0.6) is 0 Å². The van der Waals surface area contributed by atoms with Crippen LogP contribution in [0, 0.1) is 11.6 Å². The predicted molar refractivity (Wildman–Crippen MR) is 69.1 cm³/mol. The second kappa shape index (κ2) is 6.39. The van der Waals surface area contributed by atoms with Crippen molar-refractivity contribution in [1.82, 2.24) is 5.32 Å². The maximum Gasteiger partial charge on any atom is 0.224 e.